The Bertz CT molecular complexity index is 1030. The monoisotopic (exact) mass is 372 g/mol. The Morgan fingerprint density at radius 2 is 2.04 bits per heavy atom. The number of amides is 1. The lowest BCUT2D eigenvalue weighted by Gasteiger charge is -2.07. The molecule has 1 amide bonds. The zero-order chi connectivity index (χ0) is 18.7. The highest BCUT2D eigenvalue weighted by atomic mass is 35.5. The standard InChI is InChI=1S/C18H11ClF2N4O/c19-14-4-2-1-3-11(14)9-25-10-23-17(16(25)8-22)24-18(26)13-7-12(20)5-6-15(13)21/h1-7,10H,9H2,(H,24,26). The smallest absolute Gasteiger partial charge is 0.259 e. The van der Waals surface area contributed by atoms with Crippen LogP contribution in [0.5, 0.6) is 0 Å². The quantitative estimate of drug-likeness (QED) is 0.752. The number of hydrogen-bond donors (Lipinski definition) is 1. The van der Waals surface area contributed by atoms with Gasteiger partial charge in [-0.25, -0.2) is 13.8 Å². The van der Waals surface area contributed by atoms with E-state index in [4.69, 9.17) is 11.6 Å². The Hall–Kier alpha value is -3.24. The van der Waals surface area contributed by atoms with E-state index in [1.54, 1.807) is 24.3 Å². The third-order valence-electron chi connectivity index (χ3n) is 3.65. The number of hydrogen-bond acceptors (Lipinski definition) is 3. The largest absolute Gasteiger partial charge is 0.316 e. The number of imidazole rings is 1. The molecule has 130 valence electrons. The predicted octanol–water partition coefficient (Wildman–Crippen LogP) is 3.99. The Balaban J connectivity index is 1.87. The van der Waals surface area contributed by atoms with Crippen molar-refractivity contribution in [3.05, 3.63) is 82.3 Å². The van der Waals surface area contributed by atoms with Crippen molar-refractivity contribution in [3.8, 4) is 6.07 Å². The van der Waals surface area contributed by atoms with Crippen LogP contribution in [0.1, 0.15) is 21.6 Å². The number of carbonyl (C=O) groups excluding carboxylic acids is 1. The first-order chi connectivity index (χ1) is 12.5. The molecule has 3 rings (SSSR count). The lowest BCUT2D eigenvalue weighted by Crippen LogP contribution is -2.15. The lowest BCUT2D eigenvalue weighted by molar-refractivity contribution is 0.102. The topological polar surface area (TPSA) is 70.7 Å². The van der Waals surface area contributed by atoms with Crippen LogP contribution in [0.3, 0.4) is 0 Å². The SMILES string of the molecule is N#Cc1c(NC(=O)c2cc(F)ccc2F)ncn1Cc1ccccc1Cl. The van der Waals surface area contributed by atoms with E-state index >= 15 is 0 Å². The van der Waals surface area contributed by atoms with Crippen molar-refractivity contribution >= 4 is 23.3 Å². The summed E-state index contributed by atoms with van der Waals surface area (Å²) in [6.45, 7) is 0.264. The molecule has 5 nitrogen and oxygen atoms in total. The van der Waals surface area contributed by atoms with E-state index in [1.165, 1.54) is 10.9 Å². The van der Waals surface area contributed by atoms with Gasteiger partial charge in [0, 0.05) is 5.02 Å². The molecular weight excluding hydrogens is 362 g/mol. The number of halogens is 3. The molecule has 1 N–H and O–H groups in total. The van der Waals surface area contributed by atoms with E-state index in [1.807, 2.05) is 6.07 Å². The number of nitriles is 1. The van der Waals surface area contributed by atoms with Gasteiger partial charge in [-0.3, -0.25) is 4.79 Å². The normalized spacial score (nSPS) is 10.4. The number of carbonyl (C=O) groups is 1. The van der Waals surface area contributed by atoms with E-state index in [-0.39, 0.29) is 18.1 Å². The van der Waals surface area contributed by atoms with Gasteiger partial charge in [0.05, 0.1) is 18.4 Å². The van der Waals surface area contributed by atoms with Gasteiger partial charge in [0.15, 0.2) is 11.5 Å². The Morgan fingerprint density at radius 3 is 2.77 bits per heavy atom. The molecule has 0 saturated carbocycles. The first-order valence-corrected chi connectivity index (χ1v) is 7.82. The van der Waals surface area contributed by atoms with Crippen LogP contribution in [0.2, 0.25) is 5.02 Å². The highest BCUT2D eigenvalue weighted by molar-refractivity contribution is 6.31. The lowest BCUT2D eigenvalue weighted by atomic mass is 10.2. The average molecular weight is 373 g/mol. The van der Waals surface area contributed by atoms with Crippen molar-refractivity contribution in [2.45, 2.75) is 6.54 Å². The van der Waals surface area contributed by atoms with Crippen LogP contribution in [0, 0.1) is 23.0 Å². The molecule has 0 atom stereocenters. The number of rotatable bonds is 4. The maximum Gasteiger partial charge on any atom is 0.259 e. The van der Waals surface area contributed by atoms with Gasteiger partial charge in [-0.1, -0.05) is 29.8 Å². The minimum atomic E-state index is -0.901. The summed E-state index contributed by atoms with van der Waals surface area (Å²) in [5, 5.41) is 12.2. The second-order valence-corrected chi connectivity index (χ2v) is 5.76. The summed E-state index contributed by atoms with van der Waals surface area (Å²) in [7, 11) is 0. The van der Waals surface area contributed by atoms with Crippen LogP contribution in [0.4, 0.5) is 14.6 Å². The molecule has 0 bridgehead atoms. The summed E-state index contributed by atoms with van der Waals surface area (Å²) in [5.41, 5.74) is 0.349. The second-order valence-electron chi connectivity index (χ2n) is 5.35. The molecule has 0 saturated heterocycles. The Labute approximate surface area is 152 Å². The molecule has 2 aromatic carbocycles. The van der Waals surface area contributed by atoms with Gasteiger partial charge in [-0.05, 0) is 29.8 Å². The zero-order valence-corrected chi connectivity index (χ0v) is 14.0. The van der Waals surface area contributed by atoms with Crippen LogP contribution in [-0.2, 0) is 6.54 Å². The summed E-state index contributed by atoms with van der Waals surface area (Å²) in [6, 6.07) is 11.6. The summed E-state index contributed by atoms with van der Waals surface area (Å²) in [4.78, 5) is 16.2. The van der Waals surface area contributed by atoms with Gasteiger partial charge in [0.2, 0.25) is 0 Å². The van der Waals surface area contributed by atoms with Gasteiger partial charge in [-0.2, -0.15) is 5.26 Å². The maximum absolute atomic E-state index is 13.7. The summed E-state index contributed by atoms with van der Waals surface area (Å²) >= 11 is 6.11. The number of aromatic nitrogens is 2. The van der Waals surface area contributed by atoms with E-state index in [0.29, 0.717) is 5.02 Å². The summed E-state index contributed by atoms with van der Waals surface area (Å²) in [5.74, 6) is -2.58. The van der Waals surface area contributed by atoms with Crippen LogP contribution in [0.15, 0.2) is 48.8 Å². The molecule has 26 heavy (non-hydrogen) atoms. The number of benzene rings is 2. The van der Waals surface area contributed by atoms with Crippen molar-refractivity contribution in [1.82, 2.24) is 9.55 Å². The van der Waals surface area contributed by atoms with Crippen molar-refractivity contribution in [1.29, 1.82) is 5.26 Å². The van der Waals surface area contributed by atoms with Crippen molar-refractivity contribution in [2.24, 2.45) is 0 Å². The molecule has 1 heterocycles. The average Bonchev–Trinajstić information content (AvgIpc) is 3.00. The molecule has 0 spiro atoms. The third kappa shape index (κ3) is 3.55. The molecule has 8 heteroatoms. The van der Waals surface area contributed by atoms with Crippen LogP contribution in [-0.4, -0.2) is 15.5 Å². The van der Waals surface area contributed by atoms with Crippen LogP contribution >= 0.6 is 11.6 Å². The first-order valence-electron chi connectivity index (χ1n) is 7.44. The number of nitrogens with zero attached hydrogens (tertiary/aromatic N) is 3. The predicted molar refractivity (Wildman–Crippen MR) is 91.8 cm³/mol. The first kappa shape index (κ1) is 17.6. The molecular formula is C18H11ClF2N4O. The Kier molecular flexibility index (Phi) is 4.96. The van der Waals surface area contributed by atoms with Crippen LogP contribution < -0.4 is 5.32 Å². The summed E-state index contributed by atoms with van der Waals surface area (Å²) < 4.78 is 28.5. The molecule has 3 aromatic rings. The fraction of sp³-hybridized carbons (Fsp3) is 0.0556. The zero-order valence-electron chi connectivity index (χ0n) is 13.2. The molecule has 0 radical (unpaired) electrons. The minimum absolute atomic E-state index is 0.0479. The molecule has 0 unspecified atom stereocenters. The van der Waals surface area contributed by atoms with Crippen LogP contribution in [0.25, 0.3) is 0 Å². The van der Waals surface area contributed by atoms with Crippen molar-refractivity contribution < 1.29 is 13.6 Å². The van der Waals surface area contributed by atoms with E-state index in [9.17, 15) is 18.8 Å². The van der Waals surface area contributed by atoms with Crippen molar-refractivity contribution in [3.63, 3.8) is 0 Å². The van der Waals surface area contributed by atoms with Gasteiger partial charge >= 0.3 is 0 Å². The van der Waals surface area contributed by atoms with Gasteiger partial charge in [0.1, 0.15) is 17.7 Å². The summed E-state index contributed by atoms with van der Waals surface area (Å²) in [6.07, 6.45) is 1.36. The van der Waals surface area contributed by atoms with Gasteiger partial charge in [-0.15, -0.1) is 0 Å². The molecule has 0 aliphatic rings. The Morgan fingerprint density at radius 1 is 1.27 bits per heavy atom. The van der Waals surface area contributed by atoms with E-state index in [2.05, 4.69) is 10.3 Å². The van der Waals surface area contributed by atoms with Gasteiger partial charge < -0.3 is 9.88 Å². The highest BCUT2D eigenvalue weighted by Gasteiger charge is 2.18. The molecule has 1 aromatic heterocycles. The van der Waals surface area contributed by atoms with E-state index in [0.717, 1.165) is 23.8 Å². The minimum Gasteiger partial charge on any atom is -0.316 e. The highest BCUT2D eigenvalue weighted by Crippen LogP contribution is 2.20. The third-order valence-corrected chi connectivity index (χ3v) is 4.02. The fourth-order valence-electron chi connectivity index (χ4n) is 2.37. The maximum atomic E-state index is 13.7. The molecule has 0 aliphatic carbocycles. The van der Waals surface area contributed by atoms with Crippen molar-refractivity contribution in [2.75, 3.05) is 5.32 Å². The van der Waals surface area contributed by atoms with E-state index < -0.39 is 23.1 Å². The van der Waals surface area contributed by atoms with Gasteiger partial charge in [0.25, 0.3) is 5.91 Å². The number of nitrogens with one attached hydrogen (secondary N) is 1. The molecule has 0 fully saturated rings. The number of anilines is 1. The fourth-order valence-corrected chi connectivity index (χ4v) is 2.56. The molecule has 0 aliphatic heterocycles. The second kappa shape index (κ2) is 7.33.